The van der Waals surface area contributed by atoms with Gasteiger partial charge < -0.3 is 9.64 Å². The second-order valence-corrected chi connectivity index (χ2v) is 3.58. The van der Waals surface area contributed by atoms with Crippen molar-refractivity contribution in [1.82, 2.24) is 4.90 Å². The number of hydrogen-bond donors (Lipinski definition) is 0. The van der Waals surface area contributed by atoms with Crippen LogP contribution < -0.4 is 0 Å². The van der Waals surface area contributed by atoms with E-state index in [-0.39, 0.29) is 0 Å². The highest BCUT2D eigenvalue weighted by atomic mass is 35.5. The van der Waals surface area contributed by atoms with Gasteiger partial charge in [0.1, 0.15) is 0 Å². The fourth-order valence-corrected chi connectivity index (χ4v) is 1.64. The quantitative estimate of drug-likeness (QED) is 0.485. The third-order valence-corrected chi connectivity index (χ3v) is 2.38. The molecule has 2 nitrogen and oxygen atoms in total. The highest BCUT2D eigenvalue weighted by molar-refractivity contribution is 6.17. The summed E-state index contributed by atoms with van der Waals surface area (Å²) in [5, 5.41) is 0. The molecule has 1 saturated heterocycles. The number of halogens is 1. The van der Waals surface area contributed by atoms with Gasteiger partial charge in [0.25, 0.3) is 0 Å². The SMILES string of the molecule is ClCCOCCN1CCCCC1. The molecule has 3 heteroatoms. The summed E-state index contributed by atoms with van der Waals surface area (Å²) in [6.07, 6.45) is 4.12. The van der Waals surface area contributed by atoms with E-state index in [0.29, 0.717) is 12.5 Å². The normalized spacial score (nSPS) is 19.8. The topological polar surface area (TPSA) is 12.5 Å². The summed E-state index contributed by atoms with van der Waals surface area (Å²) in [4.78, 5) is 2.47. The lowest BCUT2D eigenvalue weighted by molar-refractivity contribution is 0.106. The third kappa shape index (κ3) is 4.29. The molecular weight excluding hydrogens is 174 g/mol. The molecule has 0 bridgehead atoms. The van der Waals surface area contributed by atoms with Gasteiger partial charge in [0.05, 0.1) is 13.2 Å². The first-order valence-electron chi connectivity index (χ1n) is 4.79. The lowest BCUT2D eigenvalue weighted by Gasteiger charge is -2.25. The Morgan fingerprint density at radius 1 is 1.08 bits per heavy atom. The summed E-state index contributed by atoms with van der Waals surface area (Å²) >= 11 is 5.48. The molecule has 1 aliphatic heterocycles. The molecule has 1 rings (SSSR count). The molecule has 1 aliphatic rings. The van der Waals surface area contributed by atoms with Gasteiger partial charge in [0, 0.05) is 12.4 Å². The Balaban J connectivity index is 1.91. The molecule has 0 aromatic carbocycles. The molecule has 0 spiro atoms. The van der Waals surface area contributed by atoms with Gasteiger partial charge in [-0.1, -0.05) is 6.42 Å². The molecule has 72 valence electrons. The van der Waals surface area contributed by atoms with Crippen molar-refractivity contribution in [2.75, 3.05) is 38.7 Å². The number of nitrogens with zero attached hydrogens (tertiary/aromatic N) is 1. The first-order chi connectivity index (χ1) is 5.93. The monoisotopic (exact) mass is 191 g/mol. The minimum atomic E-state index is 0.611. The summed E-state index contributed by atoms with van der Waals surface area (Å²) < 4.78 is 5.31. The van der Waals surface area contributed by atoms with E-state index >= 15 is 0 Å². The van der Waals surface area contributed by atoms with E-state index in [1.165, 1.54) is 32.4 Å². The number of rotatable bonds is 5. The zero-order chi connectivity index (χ0) is 8.65. The van der Waals surface area contributed by atoms with Crippen molar-refractivity contribution in [2.24, 2.45) is 0 Å². The molecular formula is C9H18ClNO. The molecule has 0 saturated carbocycles. The van der Waals surface area contributed by atoms with Crippen molar-refractivity contribution in [3.05, 3.63) is 0 Å². The average Bonchev–Trinajstić information content (AvgIpc) is 2.14. The molecule has 0 unspecified atom stereocenters. The van der Waals surface area contributed by atoms with E-state index in [1.54, 1.807) is 0 Å². The van der Waals surface area contributed by atoms with Gasteiger partial charge in [-0.15, -0.1) is 11.6 Å². The molecule has 1 heterocycles. The smallest absolute Gasteiger partial charge is 0.0602 e. The van der Waals surface area contributed by atoms with Gasteiger partial charge in [-0.05, 0) is 25.9 Å². The van der Waals surface area contributed by atoms with E-state index in [0.717, 1.165) is 13.2 Å². The maximum absolute atomic E-state index is 5.48. The Hall–Kier alpha value is 0.210. The molecule has 0 aliphatic carbocycles. The van der Waals surface area contributed by atoms with Gasteiger partial charge in [-0.2, -0.15) is 0 Å². The second kappa shape index (κ2) is 6.70. The summed E-state index contributed by atoms with van der Waals surface area (Å²) in [5.74, 6) is 0.611. The van der Waals surface area contributed by atoms with E-state index in [9.17, 15) is 0 Å². The maximum atomic E-state index is 5.48. The van der Waals surface area contributed by atoms with Gasteiger partial charge in [-0.25, -0.2) is 0 Å². The van der Waals surface area contributed by atoms with E-state index in [1.807, 2.05) is 0 Å². The van der Waals surface area contributed by atoms with Crippen LogP contribution in [0.4, 0.5) is 0 Å². The largest absolute Gasteiger partial charge is 0.379 e. The zero-order valence-electron chi connectivity index (χ0n) is 7.60. The van der Waals surface area contributed by atoms with Crippen molar-refractivity contribution >= 4 is 11.6 Å². The highest BCUT2D eigenvalue weighted by Gasteiger charge is 2.08. The van der Waals surface area contributed by atoms with E-state index < -0.39 is 0 Å². The average molecular weight is 192 g/mol. The Morgan fingerprint density at radius 2 is 1.83 bits per heavy atom. The van der Waals surface area contributed by atoms with Gasteiger partial charge in [0.15, 0.2) is 0 Å². The van der Waals surface area contributed by atoms with Gasteiger partial charge in [0.2, 0.25) is 0 Å². The molecule has 0 radical (unpaired) electrons. The summed E-state index contributed by atoms with van der Waals surface area (Å²) in [6.45, 7) is 5.12. The number of hydrogen-bond acceptors (Lipinski definition) is 2. The molecule has 1 fully saturated rings. The summed E-state index contributed by atoms with van der Waals surface area (Å²) in [5.41, 5.74) is 0. The Bertz CT molecular complexity index is 105. The fourth-order valence-electron chi connectivity index (χ4n) is 1.53. The number of ether oxygens (including phenoxy) is 1. The summed E-state index contributed by atoms with van der Waals surface area (Å²) in [6, 6.07) is 0. The van der Waals surface area contributed by atoms with Crippen LogP contribution in [-0.2, 0) is 4.74 Å². The Labute approximate surface area is 79.8 Å². The molecule has 12 heavy (non-hydrogen) atoms. The van der Waals surface area contributed by atoms with Crippen LogP contribution in [0.3, 0.4) is 0 Å². The van der Waals surface area contributed by atoms with Crippen molar-refractivity contribution in [3.63, 3.8) is 0 Å². The Kier molecular flexibility index (Phi) is 5.74. The van der Waals surface area contributed by atoms with E-state index in [4.69, 9.17) is 16.3 Å². The van der Waals surface area contributed by atoms with Crippen molar-refractivity contribution in [1.29, 1.82) is 0 Å². The summed E-state index contributed by atoms with van der Waals surface area (Å²) in [7, 11) is 0. The molecule has 0 atom stereocenters. The van der Waals surface area contributed by atoms with Crippen LogP contribution in [0.15, 0.2) is 0 Å². The van der Waals surface area contributed by atoms with Crippen molar-refractivity contribution in [2.45, 2.75) is 19.3 Å². The predicted octanol–water partition coefficient (Wildman–Crippen LogP) is 1.73. The lowest BCUT2D eigenvalue weighted by Crippen LogP contribution is -2.32. The third-order valence-electron chi connectivity index (χ3n) is 2.22. The van der Waals surface area contributed by atoms with Crippen LogP contribution in [0.5, 0.6) is 0 Å². The van der Waals surface area contributed by atoms with Crippen LogP contribution in [-0.4, -0.2) is 43.6 Å². The first kappa shape index (κ1) is 10.3. The minimum absolute atomic E-state index is 0.611. The number of piperidine rings is 1. The van der Waals surface area contributed by atoms with Crippen LogP contribution in [0.2, 0.25) is 0 Å². The number of alkyl halides is 1. The number of likely N-dealkylation sites (tertiary alicyclic amines) is 1. The molecule has 0 aromatic heterocycles. The van der Waals surface area contributed by atoms with E-state index in [2.05, 4.69) is 4.90 Å². The van der Waals surface area contributed by atoms with Crippen molar-refractivity contribution in [3.8, 4) is 0 Å². The van der Waals surface area contributed by atoms with Crippen molar-refractivity contribution < 1.29 is 4.74 Å². The minimum Gasteiger partial charge on any atom is -0.379 e. The zero-order valence-corrected chi connectivity index (χ0v) is 8.35. The first-order valence-corrected chi connectivity index (χ1v) is 5.33. The van der Waals surface area contributed by atoms with Crippen LogP contribution in [0, 0.1) is 0 Å². The molecule has 0 aromatic rings. The standard InChI is InChI=1S/C9H18ClNO/c10-4-8-12-9-7-11-5-2-1-3-6-11/h1-9H2. The maximum Gasteiger partial charge on any atom is 0.0602 e. The fraction of sp³-hybridized carbons (Fsp3) is 1.00. The lowest BCUT2D eigenvalue weighted by atomic mass is 10.1. The molecule has 0 N–H and O–H groups in total. The van der Waals surface area contributed by atoms with Gasteiger partial charge in [-0.3, -0.25) is 0 Å². The van der Waals surface area contributed by atoms with Crippen LogP contribution in [0.1, 0.15) is 19.3 Å². The predicted molar refractivity (Wildman–Crippen MR) is 51.8 cm³/mol. The highest BCUT2D eigenvalue weighted by Crippen LogP contribution is 2.07. The second-order valence-electron chi connectivity index (χ2n) is 3.20. The Morgan fingerprint density at radius 3 is 2.50 bits per heavy atom. The van der Waals surface area contributed by atoms with Crippen LogP contribution >= 0.6 is 11.6 Å². The molecule has 0 amide bonds. The van der Waals surface area contributed by atoms with Gasteiger partial charge >= 0.3 is 0 Å². The van der Waals surface area contributed by atoms with Crippen LogP contribution in [0.25, 0.3) is 0 Å².